The number of rotatable bonds is 3. The van der Waals surface area contributed by atoms with Crippen molar-refractivity contribution in [1.82, 2.24) is 9.97 Å². The first-order chi connectivity index (χ1) is 15.5. The van der Waals surface area contributed by atoms with Crippen LogP contribution >= 0.6 is 0 Å². The van der Waals surface area contributed by atoms with E-state index in [-0.39, 0.29) is 22.6 Å². The summed E-state index contributed by atoms with van der Waals surface area (Å²) < 4.78 is 0. The maximum Gasteiger partial charge on any atom is 0.256 e. The molecular weight excluding hydrogens is 404 g/mol. The quantitative estimate of drug-likeness (QED) is 0.347. The van der Waals surface area contributed by atoms with Crippen molar-refractivity contribution in [3.8, 4) is 11.5 Å². The molecule has 0 saturated carbocycles. The fraction of sp³-hybridized carbons (Fsp3) is 0.0769. The van der Waals surface area contributed by atoms with Crippen LogP contribution in [0.4, 0.5) is 0 Å². The van der Waals surface area contributed by atoms with E-state index in [1.54, 1.807) is 54.6 Å². The minimum atomic E-state index is -0.989. The number of aromatic hydroxyl groups is 2. The molecule has 2 heterocycles. The molecule has 4 N–H and O–H groups in total. The third kappa shape index (κ3) is 3.04. The number of H-pyrrole nitrogens is 2. The van der Waals surface area contributed by atoms with E-state index in [4.69, 9.17) is 0 Å². The molecule has 0 bridgehead atoms. The molecule has 0 aliphatic rings. The lowest BCUT2D eigenvalue weighted by Crippen LogP contribution is -2.24. The molecule has 0 atom stereocenters. The predicted octanol–water partition coefficient (Wildman–Crippen LogP) is 4.27. The standard InChI is InChI=1S/C26H20N2O4/c1-14-7-6-8-15(13-14)20(21-23(29)16-9-2-4-11-18(16)27-25(21)31)22-24(30)17-10-3-5-12-19(17)28-26(22)32/h2-13,20H,1H3,(H2,27,29,31)(H2,28,30,32). The summed E-state index contributed by atoms with van der Waals surface area (Å²) in [4.78, 5) is 32.0. The molecule has 0 unspecified atom stereocenters. The van der Waals surface area contributed by atoms with E-state index in [2.05, 4.69) is 9.97 Å². The number of pyridine rings is 2. The highest BCUT2D eigenvalue weighted by Gasteiger charge is 2.30. The van der Waals surface area contributed by atoms with Crippen LogP contribution in [0.25, 0.3) is 21.8 Å². The van der Waals surface area contributed by atoms with Crippen LogP contribution in [0.3, 0.4) is 0 Å². The average molecular weight is 424 g/mol. The normalized spacial score (nSPS) is 11.4. The Kier molecular flexibility index (Phi) is 4.56. The number of para-hydroxylation sites is 2. The van der Waals surface area contributed by atoms with Gasteiger partial charge in [-0.1, -0.05) is 54.1 Å². The summed E-state index contributed by atoms with van der Waals surface area (Å²) in [7, 11) is 0. The fourth-order valence-electron chi connectivity index (χ4n) is 4.34. The molecule has 2 aromatic heterocycles. The van der Waals surface area contributed by atoms with Gasteiger partial charge in [-0.05, 0) is 36.8 Å². The zero-order valence-corrected chi connectivity index (χ0v) is 17.2. The zero-order valence-electron chi connectivity index (χ0n) is 17.2. The fourth-order valence-corrected chi connectivity index (χ4v) is 4.34. The largest absolute Gasteiger partial charge is 0.507 e. The van der Waals surface area contributed by atoms with Gasteiger partial charge in [0.05, 0.1) is 28.1 Å². The van der Waals surface area contributed by atoms with E-state index >= 15 is 0 Å². The second kappa shape index (κ2) is 7.42. The smallest absolute Gasteiger partial charge is 0.256 e. The van der Waals surface area contributed by atoms with Gasteiger partial charge in [0.25, 0.3) is 11.1 Å². The summed E-state index contributed by atoms with van der Waals surface area (Å²) in [6, 6.07) is 21.1. The third-order valence-electron chi connectivity index (χ3n) is 5.81. The van der Waals surface area contributed by atoms with Crippen molar-refractivity contribution in [3.05, 3.63) is 116 Å². The summed E-state index contributed by atoms with van der Waals surface area (Å²) in [5.74, 6) is -1.43. The number of fused-ring (bicyclic) bond motifs is 2. The van der Waals surface area contributed by atoms with Gasteiger partial charge in [-0.25, -0.2) is 0 Å². The molecule has 0 amide bonds. The van der Waals surface area contributed by atoms with Crippen molar-refractivity contribution in [2.75, 3.05) is 0 Å². The lowest BCUT2D eigenvalue weighted by atomic mass is 9.83. The second-order valence-corrected chi connectivity index (χ2v) is 7.87. The van der Waals surface area contributed by atoms with E-state index < -0.39 is 17.0 Å². The second-order valence-electron chi connectivity index (χ2n) is 7.87. The number of hydrogen-bond acceptors (Lipinski definition) is 4. The van der Waals surface area contributed by atoms with Crippen LogP contribution in [0.1, 0.15) is 28.2 Å². The van der Waals surface area contributed by atoms with Crippen molar-refractivity contribution in [2.24, 2.45) is 0 Å². The lowest BCUT2D eigenvalue weighted by Gasteiger charge is -2.21. The molecule has 0 spiro atoms. The Bertz CT molecular complexity index is 1520. The summed E-state index contributed by atoms with van der Waals surface area (Å²) in [6.07, 6.45) is 0. The summed E-state index contributed by atoms with van der Waals surface area (Å²) in [5, 5.41) is 23.3. The first kappa shape index (κ1) is 19.6. The Balaban J connectivity index is 1.92. The van der Waals surface area contributed by atoms with E-state index in [0.717, 1.165) is 5.56 Å². The van der Waals surface area contributed by atoms with E-state index in [1.807, 2.05) is 25.1 Å². The lowest BCUT2D eigenvalue weighted by molar-refractivity contribution is 0.462. The number of aromatic nitrogens is 2. The molecule has 6 nitrogen and oxygen atoms in total. The molecule has 0 aliphatic heterocycles. The van der Waals surface area contributed by atoms with Gasteiger partial charge in [-0.3, -0.25) is 9.59 Å². The highest BCUT2D eigenvalue weighted by molar-refractivity contribution is 5.88. The monoisotopic (exact) mass is 424 g/mol. The van der Waals surface area contributed by atoms with Crippen molar-refractivity contribution in [1.29, 1.82) is 0 Å². The Hall–Kier alpha value is -4.32. The molecule has 0 saturated heterocycles. The van der Waals surface area contributed by atoms with Crippen LogP contribution < -0.4 is 11.1 Å². The molecule has 6 heteroatoms. The van der Waals surface area contributed by atoms with Gasteiger partial charge < -0.3 is 20.2 Å². The molecular formula is C26H20N2O4. The van der Waals surface area contributed by atoms with Crippen molar-refractivity contribution in [3.63, 3.8) is 0 Å². The average Bonchev–Trinajstić information content (AvgIpc) is 2.78. The van der Waals surface area contributed by atoms with Crippen LogP contribution in [0.15, 0.2) is 82.4 Å². The number of nitrogens with one attached hydrogen (secondary N) is 2. The van der Waals surface area contributed by atoms with Crippen LogP contribution in [0.5, 0.6) is 11.5 Å². The van der Waals surface area contributed by atoms with E-state index in [9.17, 15) is 19.8 Å². The summed E-state index contributed by atoms with van der Waals surface area (Å²) in [6.45, 7) is 1.90. The molecule has 5 aromatic rings. The maximum absolute atomic E-state index is 13.2. The van der Waals surface area contributed by atoms with E-state index in [0.29, 0.717) is 27.4 Å². The Morgan fingerprint density at radius 1 is 0.688 bits per heavy atom. The first-order valence-corrected chi connectivity index (χ1v) is 10.2. The zero-order chi connectivity index (χ0) is 22.4. The van der Waals surface area contributed by atoms with Gasteiger partial charge in [0.2, 0.25) is 0 Å². The van der Waals surface area contributed by atoms with Crippen molar-refractivity contribution in [2.45, 2.75) is 12.8 Å². The van der Waals surface area contributed by atoms with Gasteiger partial charge in [-0.15, -0.1) is 0 Å². The van der Waals surface area contributed by atoms with Gasteiger partial charge in [0, 0.05) is 10.8 Å². The molecule has 3 aromatic carbocycles. The van der Waals surface area contributed by atoms with Gasteiger partial charge in [-0.2, -0.15) is 0 Å². The van der Waals surface area contributed by atoms with Crippen molar-refractivity contribution < 1.29 is 10.2 Å². The third-order valence-corrected chi connectivity index (χ3v) is 5.81. The summed E-state index contributed by atoms with van der Waals surface area (Å²) in [5.41, 5.74) is 1.45. The van der Waals surface area contributed by atoms with Crippen LogP contribution in [0.2, 0.25) is 0 Å². The highest BCUT2D eigenvalue weighted by atomic mass is 16.3. The number of benzene rings is 3. The topological polar surface area (TPSA) is 106 Å². The number of aromatic amines is 2. The first-order valence-electron chi connectivity index (χ1n) is 10.2. The Morgan fingerprint density at radius 3 is 1.69 bits per heavy atom. The SMILES string of the molecule is Cc1cccc(C(c2c(O)c3ccccc3[nH]c2=O)c2c(O)c3ccccc3[nH]c2=O)c1. The van der Waals surface area contributed by atoms with Gasteiger partial charge in [0.15, 0.2) is 0 Å². The van der Waals surface area contributed by atoms with Crippen LogP contribution in [-0.4, -0.2) is 20.2 Å². The molecule has 158 valence electrons. The van der Waals surface area contributed by atoms with Crippen LogP contribution in [0, 0.1) is 6.92 Å². The minimum Gasteiger partial charge on any atom is -0.507 e. The highest BCUT2D eigenvalue weighted by Crippen LogP contribution is 2.41. The van der Waals surface area contributed by atoms with E-state index in [1.165, 1.54) is 0 Å². The predicted molar refractivity (Wildman–Crippen MR) is 125 cm³/mol. The minimum absolute atomic E-state index is 0.00498. The summed E-state index contributed by atoms with van der Waals surface area (Å²) >= 11 is 0. The Labute approximate surface area is 182 Å². The van der Waals surface area contributed by atoms with Crippen LogP contribution in [-0.2, 0) is 0 Å². The molecule has 0 aliphatic carbocycles. The van der Waals surface area contributed by atoms with Gasteiger partial charge >= 0.3 is 0 Å². The van der Waals surface area contributed by atoms with Crippen molar-refractivity contribution >= 4 is 21.8 Å². The number of aryl methyl sites for hydroxylation is 1. The Morgan fingerprint density at radius 2 is 1.19 bits per heavy atom. The van der Waals surface area contributed by atoms with Gasteiger partial charge in [0.1, 0.15) is 11.5 Å². The molecule has 32 heavy (non-hydrogen) atoms. The molecule has 5 rings (SSSR count). The maximum atomic E-state index is 13.2. The molecule has 0 fully saturated rings. The molecule has 0 radical (unpaired) electrons. The number of hydrogen-bond donors (Lipinski definition) is 4.